The van der Waals surface area contributed by atoms with E-state index in [2.05, 4.69) is 0 Å². The van der Waals surface area contributed by atoms with Crippen molar-refractivity contribution in [2.24, 2.45) is 11.1 Å². The van der Waals surface area contributed by atoms with Crippen LogP contribution in [0.25, 0.3) is 0 Å². The molecule has 0 aromatic heterocycles. The van der Waals surface area contributed by atoms with E-state index in [0.29, 0.717) is 18.6 Å². The third-order valence-corrected chi connectivity index (χ3v) is 6.15. The predicted octanol–water partition coefficient (Wildman–Crippen LogP) is 3.11. The largest absolute Gasteiger partial charge is 0.416 e. The van der Waals surface area contributed by atoms with Gasteiger partial charge in [-0.2, -0.15) is 17.5 Å². The fourth-order valence-corrected chi connectivity index (χ4v) is 4.55. The molecule has 2 N–H and O–H groups in total. The van der Waals surface area contributed by atoms with Crippen LogP contribution in [-0.2, 0) is 16.2 Å². The van der Waals surface area contributed by atoms with Crippen molar-refractivity contribution >= 4 is 21.6 Å². The maximum absolute atomic E-state index is 12.9. The molecule has 1 unspecified atom stereocenters. The smallest absolute Gasteiger partial charge is 0.327 e. The molecule has 1 saturated heterocycles. The van der Waals surface area contributed by atoms with Crippen LogP contribution in [0.2, 0.25) is 5.02 Å². The van der Waals surface area contributed by atoms with E-state index in [-0.39, 0.29) is 24.2 Å². The van der Waals surface area contributed by atoms with Crippen molar-refractivity contribution in [1.82, 2.24) is 4.31 Å². The van der Waals surface area contributed by atoms with Crippen LogP contribution in [0.15, 0.2) is 23.1 Å². The Kier molecular flexibility index (Phi) is 4.76. The third kappa shape index (κ3) is 3.81. The van der Waals surface area contributed by atoms with E-state index in [0.717, 1.165) is 6.07 Å². The highest BCUT2D eigenvalue weighted by Crippen LogP contribution is 2.35. The Bertz CT molecular complexity index is 704. The van der Waals surface area contributed by atoms with Crippen LogP contribution >= 0.6 is 11.6 Å². The quantitative estimate of drug-likeness (QED) is 0.870. The molecule has 0 spiro atoms. The highest BCUT2D eigenvalue weighted by atomic mass is 35.5. The second-order valence-electron chi connectivity index (χ2n) is 6.40. The van der Waals surface area contributed by atoms with Crippen molar-refractivity contribution in [3.8, 4) is 0 Å². The molecule has 1 fully saturated rings. The number of piperidine rings is 1. The zero-order chi connectivity index (χ0) is 17.6. The molecule has 0 radical (unpaired) electrons. The maximum Gasteiger partial charge on any atom is 0.416 e. The van der Waals surface area contributed by atoms with Crippen LogP contribution in [0.1, 0.15) is 25.8 Å². The molecule has 1 atom stereocenters. The molecular weight excluding hydrogens is 353 g/mol. The Balaban J connectivity index is 2.43. The molecule has 0 amide bonds. The number of benzene rings is 1. The summed E-state index contributed by atoms with van der Waals surface area (Å²) in [7, 11) is -4.07. The molecule has 2 rings (SSSR count). The Morgan fingerprint density at radius 1 is 1.30 bits per heavy atom. The average Bonchev–Trinajstić information content (AvgIpc) is 2.40. The van der Waals surface area contributed by atoms with Gasteiger partial charge in [-0.3, -0.25) is 0 Å². The van der Waals surface area contributed by atoms with Gasteiger partial charge in [0.25, 0.3) is 0 Å². The van der Waals surface area contributed by atoms with Gasteiger partial charge in [-0.15, -0.1) is 0 Å². The lowest BCUT2D eigenvalue weighted by Gasteiger charge is -2.41. The minimum Gasteiger partial charge on any atom is -0.327 e. The summed E-state index contributed by atoms with van der Waals surface area (Å²) < 4.78 is 65.1. The van der Waals surface area contributed by atoms with E-state index < -0.39 is 32.1 Å². The van der Waals surface area contributed by atoms with Crippen molar-refractivity contribution in [3.63, 3.8) is 0 Å². The summed E-state index contributed by atoms with van der Waals surface area (Å²) in [6.45, 7) is 3.97. The fraction of sp³-hybridized carbons (Fsp3) is 0.571. The Morgan fingerprint density at radius 2 is 1.91 bits per heavy atom. The highest BCUT2D eigenvalue weighted by Gasteiger charge is 2.40. The Morgan fingerprint density at radius 3 is 2.43 bits per heavy atom. The summed E-state index contributed by atoms with van der Waals surface area (Å²) in [6, 6.07) is 2.19. The van der Waals surface area contributed by atoms with Crippen LogP contribution < -0.4 is 5.73 Å². The standard InChI is InChI=1S/C14H18ClF3N2O2S/c1-13(2)8-20(4-3-12(13)19)23(21,22)11-6-9(14(16,17)18)5-10(15)7-11/h5-7,12H,3-4,8,19H2,1-2H3. The third-order valence-electron chi connectivity index (χ3n) is 4.11. The molecule has 1 aliphatic rings. The molecular formula is C14H18ClF3N2O2S. The summed E-state index contributed by atoms with van der Waals surface area (Å²) in [4.78, 5) is -0.455. The number of alkyl halides is 3. The summed E-state index contributed by atoms with van der Waals surface area (Å²) in [6.07, 6.45) is -4.22. The number of rotatable bonds is 2. The van der Waals surface area contributed by atoms with E-state index in [4.69, 9.17) is 17.3 Å². The van der Waals surface area contributed by atoms with E-state index in [9.17, 15) is 21.6 Å². The minimum absolute atomic E-state index is 0.143. The van der Waals surface area contributed by atoms with Gasteiger partial charge in [0.2, 0.25) is 10.0 Å². The zero-order valence-electron chi connectivity index (χ0n) is 12.7. The predicted molar refractivity (Wildman–Crippen MR) is 81.6 cm³/mol. The minimum atomic E-state index is -4.67. The molecule has 1 heterocycles. The van der Waals surface area contributed by atoms with Gasteiger partial charge in [-0.25, -0.2) is 8.42 Å². The fourth-order valence-electron chi connectivity index (χ4n) is 2.55. The molecule has 0 bridgehead atoms. The zero-order valence-corrected chi connectivity index (χ0v) is 14.3. The van der Waals surface area contributed by atoms with E-state index >= 15 is 0 Å². The van der Waals surface area contributed by atoms with Crippen molar-refractivity contribution in [2.75, 3.05) is 13.1 Å². The highest BCUT2D eigenvalue weighted by molar-refractivity contribution is 7.89. The SMILES string of the molecule is CC1(C)CN(S(=O)(=O)c2cc(Cl)cc(C(F)(F)F)c2)CCC1N. The Labute approximate surface area is 138 Å². The maximum atomic E-state index is 12.9. The number of hydrogen-bond acceptors (Lipinski definition) is 3. The molecule has 4 nitrogen and oxygen atoms in total. The van der Waals surface area contributed by atoms with Gasteiger partial charge in [0.15, 0.2) is 0 Å². The lowest BCUT2D eigenvalue weighted by Crippen LogP contribution is -2.53. The van der Waals surface area contributed by atoms with Gasteiger partial charge < -0.3 is 5.73 Å². The molecule has 9 heteroatoms. The normalized spacial score (nSPS) is 23.0. The van der Waals surface area contributed by atoms with Gasteiger partial charge in [0, 0.05) is 24.2 Å². The molecule has 0 aliphatic carbocycles. The van der Waals surface area contributed by atoms with E-state index in [1.807, 2.05) is 13.8 Å². The second kappa shape index (κ2) is 5.91. The van der Waals surface area contributed by atoms with Crippen molar-refractivity contribution < 1.29 is 21.6 Å². The van der Waals surface area contributed by atoms with Crippen LogP contribution in [0.4, 0.5) is 13.2 Å². The molecule has 23 heavy (non-hydrogen) atoms. The first-order chi connectivity index (χ1) is 10.3. The summed E-state index contributed by atoms with van der Waals surface area (Å²) >= 11 is 5.68. The first-order valence-corrected chi connectivity index (χ1v) is 8.79. The van der Waals surface area contributed by atoms with Gasteiger partial charge in [0.05, 0.1) is 10.5 Å². The number of nitrogens with two attached hydrogens (primary N) is 1. The van der Waals surface area contributed by atoms with Crippen LogP contribution in [0.5, 0.6) is 0 Å². The van der Waals surface area contributed by atoms with Crippen molar-refractivity contribution in [2.45, 2.75) is 37.4 Å². The van der Waals surface area contributed by atoms with Gasteiger partial charge in [0.1, 0.15) is 0 Å². The van der Waals surface area contributed by atoms with E-state index in [1.54, 1.807) is 0 Å². The molecule has 130 valence electrons. The molecule has 1 aromatic carbocycles. The van der Waals surface area contributed by atoms with Crippen LogP contribution in [0.3, 0.4) is 0 Å². The van der Waals surface area contributed by atoms with Crippen LogP contribution in [0, 0.1) is 5.41 Å². The van der Waals surface area contributed by atoms with Crippen molar-refractivity contribution in [1.29, 1.82) is 0 Å². The lowest BCUT2D eigenvalue weighted by atomic mass is 9.81. The van der Waals surface area contributed by atoms with Gasteiger partial charge in [-0.1, -0.05) is 25.4 Å². The molecule has 1 aromatic rings. The summed E-state index contributed by atoms with van der Waals surface area (Å²) in [5, 5.41) is -0.272. The number of nitrogens with zero attached hydrogens (tertiary/aromatic N) is 1. The van der Waals surface area contributed by atoms with Crippen molar-refractivity contribution in [3.05, 3.63) is 28.8 Å². The van der Waals surface area contributed by atoms with E-state index in [1.165, 1.54) is 4.31 Å². The van der Waals surface area contributed by atoms with Gasteiger partial charge >= 0.3 is 6.18 Å². The molecule has 0 saturated carbocycles. The molecule has 1 aliphatic heterocycles. The monoisotopic (exact) mass is 370 g/mol. The second-order valence-corrected chi connectivity index (χ2v) is 8.77. The topological polar surface area (TPSA) is 63.4 Å². The van der Waals surface area contributed by atoms with Gasteiger partial charge in [-0.05, 0) is 30.0 Å². The number of hydrogen-bond donors (Lipinski definition) is 1. The summed E-state index contributed by atoms with van der Waals surface area (Å²) in [5.74, 6) is 0. The number of halogens is 4. The number of sulfonamides is 1. The first kappa shape index (κ1) is 18.5. The average molecular weight is 371 g/mol. The van der Waals surface area contributed by atoms with Crippen LogP contribution in [-0.4, -0.2) is 31.9 Å². The summed E-state index contributed by atoms with van der Waals surface area (Å²) in [5.41, 5.74) is 4.42. The first-order valence-electron chi connectivity index (χ1n) is 6.97. The lowest BCUT2D eigenvalue weighted by molar-refractivity contribution is -0.137. The Hall–Kier alpha value is -0.830.